The summed E-state index contributed by atoms with van der Waals surface area (Å²) in [6.07, 6.45) is 0.937. The van der Waals surface area contributed by atoms with Gasteiger partial charge in [-0.25, -0.2) is 0 Å². The highest BCUT2D eigenvalue weighted by Gasteiger charge is 2.12. The molecule has 1 unspecified atom stereocenters. The van der Waals surface area contributed by atoms with E-state index in [9.17, 15) is 0 Å². The van der Waals surface area contributed by atoms with Gasteiger partial charge in [-0.3, -0.25) is 0 Å². The van der Waals surface area contributed by atoms with Crippen LogP contribution in [0.3, 0.4) is 0 Å². The largest absolute Gasteiger partial charge is 0.497 e. The fourth-order valence-electron chi connectivity index (χ4n) is 1.57. The third-order valence-electron chi connectivity index (χ3n) is 2.33. The second-order valence-corrected chi connectivity index (χ2v) is 4.53. The van der Waals surface area contributed by atoms with E-state index >= 15 is 0 Å². The lowest BCUT2D eigenvalue weighted by Gasteiger charge is -2.16. The van der Waals surface area contributed by atoms with Gasteiger partial charge in [-0.1, -0.05) is 31.5 Å². The molecular formula is C12H18ClNO. The average Bonchev–Trinajstić information content (AvgIpc) is 2.16. The lowest BCUT2D eigenvalue weighted by molar-refractivity contribution is 0.414. The van der Waals surface area contributed by atoms with Gasteiger partial charge in [0.25, 0.3) is 0 Å². The average molecular weight is 228 g/mol. The van der Waals surface area contributed by atoms with Crippen molar-refractivity contribution < 1.29 is 4.74 Å². The lowest BCUT2D eigenvalue weighted by atomic mass is 9.98. The van der Waals surface area contributed by atoms with Gasteiger partial charge in [-0.05, 0) is 30.0 Å². The summed E-state index contributed by atoms with van der Waals surface area (Å²) < 4.78 is 5.09. The van der Waals surface area contributed by atoms with Crippen LogP contribution in [0.15, 0.2) is 18.2 Å². The Hall–Kier alpha value is -0.730. The van der Waals surface area contributed by atoms with Crippen LogP contribution in [0.4, 0.5) is 0 Å². The van der Waals surface area contributed by atoms with E-state index in [0.717, 1.165) is 17.7 Å². The molecule has 0 saturated heterocycles. The molecule has 0 aliphatic carbocycles. The van der Waals surface area contributed by atoms with Crippen molar-refractivity contribution >= 4 is 11.6 Å². The van der Waals surface area contributed by atoms with E-state index < -0.39 is 0 Å². The predicted molar refractivity (Wildman–Crippen MR) is 64.4 cm³/mol. The molecule has 2 N–H and O–H groups in total. The minimum absolute atomic E-state index is 0.00315. The molecule has 0 heterocycles. The van der Waals surface area contributed by atoms with Gasteiger partial charge in [-0.15, -0.1) is 0 Å². The molecule has 0 radical (unpaired) electrons. The monoisotopic (exact) mass is 227 g/mol. The van der Waals surface area contributed by atoms with Crippen LogP contribution in [-0.4, -0.2) is 7.11 Å². The van der Waals surface area contributed by atoms with Crippen LogP contribution in [0, 0.1) is 5.92 Å². The van der Waals surface area contributed by atoms with Crippen LogP contribution in [-0.2, 0) is 0 Å². The van der Waals surface area contributed by atoms with Crippen molar-refractivity contribution in [1.82, 2.24) is 0 Å². The number of ether oxygens (including phenoxy) is 1. The van der Waals surface area contributed by atoms with Crippen LogP contribution in [0.25, 0.3) is 0 Å². The molecule has 0 aromatic heterocycles. The van der Waals surface area contributed by atoms with Crippen LogP contribution < -0.4 is 10.5 Å². The quantitative estimate of drug-likeness (QED) is 0.856. The number of hydrogen-bond donors (Lipinski definition) is 1. The molecule has 15 heavy (non-hydrogen) atoms. The van der Waals surface area contributed by atoms with Gasteiger partial charge >= 0.3 is 0 Å². The maximum absolute atomic E-state index is 6.13. The number of rotatable bonds is 4. The van der Waals surface area contributed by atoms with Crippen molar-refractivity contribution in [3.8, 4) is 5.75 Å². The molecule has 1 aromatic rings. The number of benzene rings is 1. The summed E-state index contributed by atoms with van der Waals surface area (Å²) in [5.41, 5.74) is 7.05. The van der Waals surface area contributed by atoms with Crippen molar-refractivity contribution in [2.24, 2.45) is 11.7 Å². The Morgan fingerprint density at radius 2 is 2.07 bits per heavy atom. The summed E-state index contributed by atoms with van der Waals surface area (Å²) in [6.45, 7) is 4.30. The Kier molecular flexibility index (Phi) is 4.43. The fraction of sp³-hybridized carbons (Fsp3) is 0.500. The SMILES string of the molecule is COc1ccc(C(N)CC(C)C)c(Cl)c1. The summed E-state index contributed by atoms with van der Waals surface area (Å²) >= 11 is 6.13. The summed E-state index contributed by atoms with van der Waals surface area (Å²) in [6, 6.07) is 5.63. The van der Waals surface area contributed by atoms with E-state index in [1.165, 1.54) is 0 Å². The molecule has 1 aromatic carbocycles. The first-order valence-electron chi connectivity index (χ1n) is 5.13. The van der Waals surface area contributed by atoms with Gasteiger partial charge in [0.1, 0.15) is 5.75 Å². The summed E-state index contributed by atoms with van der Waals surface area (Å²) in [7, 11) is 1.62. The Morgan fingerprint density at radius 1 is 1.40 bits per heavy atom. The van der Waals surface area contributed by atoms with Gasteiger partial charge < -0.3 is 10.5 Å². The minimum atomic E-state index is 0.00315. The Morgan fingerprint density at radius 3 is 2.53 bits per heavy atom. The zero-order chi connectivity index (χ0) is 11.4. The van der Waals surface area contributed by atoms with Crippen LogP contribution in [0.2, 0.25) is 5.02 Å². The number of halogens is 1. The maximum Gasteiger partial charge on any atom is 0.120 e. The van der Waals surface area contributed by atoms with Crippen molar-refractivity contribution in [1.29, 1.82) is 0 Å². The standard InChI is InChI=1S/C12H18ClNO/c1-8(2)6-12(14)10-5-4-9(15-3)7-11(10)13/h4-5,7-8,12H,6,14H2,1-3H3. The molecule has 1 rings (SSSR count). The zero-order valence-corrected chi connectivity index (χ0v) is 10.2. The summed E-state index contributed by atoms with van der Waals surface area (Å²) in [5, 5.41) is 0.683. The van der Waals surface area contributed by atoms with Gasteiger partial charge in [0.15, 0.2) is 0 Å². The second kappa shape index (κ2) is 5.38. The molecule has 2 nitrogen and oxygen atoms in total. The third kappa shape index (κ3) is 3.40. The van der Waals surface area contributed by atoms with Crippen LogP contribution in [0.1, 0.15) is 31.9 Å². The minimum Gasteiger partial charge on any atom is -0.497 e. The van der Waals surface area contributed by atoms with Gasteiger partial charge in [0.2, 0.25) is 0 Å². The molecule has 1 atom stereocenters. The highest BCUT2D eigenvalue weighted by Crippen LogP contribution is 2.29. The van der Waals surface area contributed by atoms with E-state index in [0.29, 0.717) is 10.9 Å². The molecule has 84 valence electrons. The molecule has 0 bridgehead atoms. The van der Waals surface area contributed by atoms with Crippen molar-refractivity contribution in [3.05, 3.63) is 28.8 Å². The Bertz CT molecular complexity index is 325. The lowest BCUT2D eigenvalue weighted by Crippen LogP contribution is -2.13. The van der Waals surface area contributed by atoms with E-state index in [2.05, 4.69) is 13.8 Å². The van der Waals surface area contributed by atoms with E-state index in [4.69, 9.17) is 22.1 Å². The summed E-state index contributed by atoms with van der Waals surface area (Å²) in [5.74, 6) is 1.33. The number of nitrogens with two attached hydrogens (primary N) is 1. The Balaban J connectivity index is 2.85. The molecule has 0 amide bonds. The van der Waals surface area contributed by atoms with E-state index in [1.54, 1.807) is 13.2 Å². The van der Waals surface area contributed by atoms with E-state index in [1.807, 2.05) is 12.1 Å². The third-order valence-corrected chi connectivity index (χ3v) is 2.66. The first-order valence-corrected chi connectivity index (χ1v) is 5.51. The highest BCUT2D eigenvalue weighted by atomic mass is 35.5. The van der Waals surface area contributed by atoms with Gasteiger partial charge in [-0.2, -0.15) is 0 Å². The normalized spacial score (nSPS) is 12.9. The van der Waals surface area contributed by atoms with Gasteiger partial charge in [0.05, 0.1) is 7.11 Å². The van der Waals surface area contributed by atoms with E-state index in [-0.39, 0.29) is 6.04 Å². The first-order chi connectivity index (χ1) is 7.04. The molecule has 0 aliphatic rings. The zero-order valence-electron chi connectivity index (χ0n) is 9.46. The highest BCUT2D eigenvalue weighted by molar-refractivity contribution is 6.31. The summed E-state index contributed by atoms with van der Waals surface area (Å²) in [4.78, 5) is 0. The fourth-order valence-corrected chi connectivity index (χ4v) is 1.88. The van der Waals surface area contributed by atoms with Crippen LogP contribution in [0.5, 0.6) is 5.75 Å². The smallest absolute Gasteiger partial charge is 0.120 e. The number of methoxy groups -OCH3 is 1. The molecule has 0 fully saturated rings. The van der Waals surface area contributed by atoms with Crippen LogP contribution >= 0.6 is 11.6 Å². The topological polar surface area (TPSA) is 35.2 Å². The molecule has 0 aliphatic heterocycles. The van der Waals surface area contributed by atoms with Crippen molar-refractivity contribution in [2.45, 2.75) is 26.3 Å². The maximum atomic E-state index is 6.13. The molecule has 0 saturated carbocycles. The molecule has 3 heteroatoms. The number of hydrogen-bond acceptors (Lipinski definition) is 2. The second-order valence-electron chi connectivity index (χ2n) is 4.12. The van der Waals surface area contributed by atoms with Crippen molar-refractivity contribution in [3.63, 3.8) is 0 Å². The first kappa shape index (κ1) is 12.3. The molecular weight excluding hydrogens is 210 g/mol. The predicted octanol–water partition coefficient (Wildman–Crippen LogP) is 3.39. The molecule has 0 spiro atoms. The van der Waals surface area contributed by atoms with Crippen molar-refractivity contribution in [2.75, 3.05) is 7.11 Å². The van der Waals surface area contributed by atoms with Gasteiger partial charge in [0, 0.05) is 11.1 Å². The Labute approximate surface area is 96.4 Å².